The molecule has 2 aliphatic heterocycles. The molecule has 0 bridgehead atoms. The predicted molar refractivity (Wildman–Crippen MR) is 230 cm³/mol. The Kier molecular flexibility index (Phi) is 15.5. The number of amides is 5. The number of urea groups is 1. The van der Waals surface area contributed by atoms with Crippen LogP contribution in [0.25, 0.3) is 10.9 Å². The number of benzene rings is 2. The van der Waals surface area contributed by atoms with Gasteiger partial charge < -0.3 is 24.1 Å². The highest BCUT2D eigenvalue weighted by molar-refractivity contribution is 8.03. The van der Waals surface area contributed by atoms with Crippen molar-refractivity contribution in [3.8, 4) is 35.6 Å². The fourth-order valence-electron chi connectivity index (χ4n) is 6.13. The number of nitrogens with zero attached hydrogens (tertiary/aromatic N) is 6. The third kappa shape index (κ3) is 11.5. The van der Waals surface area contributed by atoms with Crippen LogP contribution >= 0.6 is 11.6 Å². The minimum Gasteiger partial charge on any atom is -0.481 e. The standard InChI is InChI=1S/C19H15FN2O4.C11H8ClNO3.C9H15N5O7S2/c1-2-7-21-15-9-14(13(20)8-16(15)26-10-17(21)23)22-18(24)11-5-3-4-6-12(11)19(22)25;12-8-3-4-9(16-6-10(14)15)11-7(8)2-1-5-13-11;1-14(22(4,16)17)23(18,19)13-9(15)12-8-10-6(20-2)5-7(11-8)21-3/h1,8-9H,3-7,10H2;1-5H,6H2,(H,14,15);5H,1-4H3,(H2,10,11,12,13,15). The van der Waals surface area contributed by atoms with Crippen LogP contribution in [0.2, 0.25) is 5.02 Å². The minimum atomic E-state index is -4.60. The zero-order chi connectivity index (χ0) is 47.8. The minimum absolute atomic E-state index is 0.00654. The summed E-state index contributed by atoms with van der Waals surface area (Å²) < 4.78 is 82.1. The molecule has 65 heavy (non-hydrogen) atoms. The number of aliphatic carboxylic acids is 1. The van der Waals surface area contributed by atoms with Gasteiger partial charge in [-0.05, 0) is 56.0 Å². The molecule has 0 unspecified atom stereocenters. The van der Waals surface area contributed by atoms with E-state index in [0.717, 1.165) is 36.2 Å². The Morgan fingerprint density at radius 2 is 1.63 bits per heavy atom. The first kappa shape index (κ1) is 48.9. The fourth-order valence-corrected chi connectivity index (χ4v) is 8.30. The van der Waals surface area contributed by atoms with Crippen molar-refractivity contribution >= 4 is 89.8 Å². The number of imide groups is 1. The van der Waals surface area contributed by atoms with Gasteiger partial charge in [0.15, 0.2) is 19.0 Å². The number of fused-ring (bicyclic) bond motifs is 2. The lowest BCUT2D eigenvalue weighted by Gasteiger charge is -2.29. The summed E-state index contributed by atoms with van der Waals surface area (Å²) in [4.78, 5) is 73.2. The number of terminal acetylenes is 1. The van der Waals surface area contributed by atoms with E-state index in [-0.39, 0.29) is 57.6 Å². The van der Waals surface area contributed by atoms with E-state index in [1.807, 2.05) is 5.32 Å². The van der Waals surface area contributed by atoms with Crippen LogP contribution in [0, 0.1) is 18.2 Å². The molecule has 3 aliphatic rings. The largest absolute Gasteiger partial charge is 0.481 e. The molecule has 2 aromatic carbocycles. The summed E-state index contributed by atoms with van der Waals surface area (Å²) in [6.45, 7) is -0.658. The van der Waals surface area contributed by atoms with Crippen LogP contribution in [0.5, 0.6) is 23.3 Å². The van der Waals surface area contributed by atoms with E-state index in [1.54, 1.807) is 30.5 Å². The number of anilines is 3. The van der Waals surface area contributed by atoms with Crippen molar-refractivity contribution in [3.63, 3.8) is 0 Å². The van der Waals surface area contributed by atoms with Gasteiger partial charge in [0.2, 0.25) is 27.7 Å². The molecular formula is C39H38ClFN8O14S2. The molecule has 344 valence electrons. The Morgan fingerprint density at radius 3 is 2.20 bits per heavy atom. The van der Waals surface area contributed by atoms with E-state index in [9.17, 15) is 45.2 Å². The van der Waals surface area contributed by atoms with Crippen molar-refractivity contribution < 1.29 is 69.3 Å². The van der Waals surface area contributed by atoms with Gasteiger partial charge in [0.05, 0.1) is 49.5 Å². The summed E-state index contributed by atoms with van der Waals surface area (Å²) in [5.41, 5.74) is 1.56. The number of halogens is 2. The number of carboxylic acid groups (broad SMARTS) is 1. The molecule has 0 radical (unpaired) electrons. The molecule has 0 atom stereocenters. The lowest BCUT2D eigenvalue weighted by atomic mass is 9.93. The van der Waals surface area contributed by atoms with Crippen LogP contribution in [-0.2, 0) is 39.4 Å². The topological polar surface area (TPSA) is 283 Å². The fraction of sp³-hybridized carbons (Fsp3) is 0.282. The number of nitrogens with one attached hydrogen (secondary N) is 2. The highest BCUT2D eigenvalue weighted by atomic mass is 35.5. The second-order valence-electron chi connectivity index (χ2n) is 13.5. The Balaban J connectivity index is 0.000000188. The number of rotatable bonds is 11. The summed E-state index contributed by atoms with van der Waals surface area (Å²) in [7, 11) is -5.27. The molecule has 4 aromatic rings. The van der Waals surface area contributed by atoms with E-state index >= 15 is 0 Å². The van der Waals surface area contributed by atoms with E-state index < -0.39 is 56.5 Å². The van der Waals surface area contributed by atoms with Gasteiger partial charge in [-0.3, -0.25) is 29.6 Å². The van der Waals surface area contributed by atoms with E-state index in [2.05, 4.69) is 20.9 Å². The molecule has 4 heterocycles. The maximum atomic E-state index is 14.7. The van der Waals surface area contributed by atoms with E-state index in [4.69, 9.17) is 42.1 Å². The van der Waals surface area contributed by atoms with Gasteiger partial charge in [0, 0.05) is 35.8 Å². The molecular weight excluding hydrogens is 923 g/mol. The van der Waals surface area contributed by atoms with E-state index in [0.29, 0.717) is 46.5 Å². The first-order valence-electron chi connectivity index (χ1n) is 18.6. The number of pyridine rings is 1. The first-order chi connectivity index (χ1) is 30.7. The van der Waals surface area contributed by atoms with Gasteiger partial charge in [-0.25, -0.2) is 32.0 Å². The SMILES string of the molecule is C#CCN1C(=O)COc2cc(F)c(N3C(=O)C4=C(CCCC4)C3=O)cc21.COc1cc(OC)nc(NC(=O)NS(=O)(=O)N(C)S(C)(=O)=O)n1.O=C(O)COc1ccc(Cl)c2cccnc12. The number of sulfonamides is 1. The number of aromatic nitrogens is 3. The maximum absolute atomic E-state index is 14.7. The summed E-state index contributed by atoms with van der Waals surface area (Å²) in [6, 6.07) is 9.26. The molecule has 26 heteroatoms. The Labute approximate surface area is 375 Å². The normalized spacial score (nSPS) is 14.5. The monoisotopic (exact) mass is 960 g/mol. The first-order valence-corrected chi connectivity index (χ1v) is 22.3. The number of hydrogen-bond donors (Lipinski definition) is 3. The summed E-state index contributed by atoms with van der Waals surface area (Å²) in [5, 5.41) is 11.9. The zero-order valence-corrected chi connectivity index (χ0v) is 37.0. The third-order valence-corrected chi connectivity index (χ3v) is 13.0. The predicted octanol–water partition coefficient (Wildman–Crippen LogP) is 3.03. The summed E-state index contributed by atoms with van der Waals surface area (Å²) in [6.07, 6.45) is 10.3. The number of ether oxygens (including phenoxy) is 4. The lowest BCUT2D eigenvalue weighted by Crippen LogP contribution is -2.45. The lowest BCUT2D eigenvalue weighted by molar-refractivity contribution is -0.139. The molecule has 5 amide bonds. The summed E-state index contributed by atoms with van der Waals surface area (Å²) in [5.74, 6) is -0.396. The average molecular weight is 961 g/mol. The van der Waals surface area contributed by atoms with Gasteiger partial charge >= 0.3 is 22.2 Å². The number of carbonyl (C=O) groups excluding carboxylic acids is 4. The van der Waals surface area contributed by atoms with Crippen LogP contribution in [0.15, 0.2) is 59.8 Å². The number of methoxy groups -OCH3 is 2. The van der Waals surface area contributed by atoms with Crippen LogP contribution in [0.3, 0.4) is 0 Å². The molecule has 22 nitrogen and oxygen atoms in total. The van der Waals surface area contributed by atoms with Gasteiger partial charge in [-0.2, -0.15) is 18.4 Å². The van der Waals surface area contributed by atoms with Gasteiger partial charge in [0.1, 0.15) is 17.0 Å². The molecule has 3 N–H and O–H groups in total. The smallest absolute Gasteiger partial charge is 0.341 e. The molecule has 0 spiro atoms. The number of carbonyl (C=O) groups is 5. The Morgan fingerprint density at radius 1 is 1.00 bits per heavy atom. The van der Waals surface area contributed by atoms with Crippen molar-refractivity contribution in [2.75, 3.05) is 62.4 Å². The molecule has 0 saturated carbocycles. The molecule has 0 fully saturated rings. The quantitative estimate of drug-likeness (QED) is 0.144. The molecule has 2 aromatic heterocycles. The molecule has 1 aliphatic carbocycles. The highest BCUT2D eigenvalue weighted by Crippen LogP contribution is 2.42. The Hall–Kier alpha value is -7.14. The van der Waals surface area contributed by atoms with Crippen LogP contribution in [-0.4, -0.2) is 118 Å². The van der Waals surface area contributed by atoms with E-state index in [1.165, 1.54) is 36.0 Å². The average Bonchev–Trinajstić information content (AvgIpc) is 3.52. The van der Waals surface area contributed by atoms with Crippen molar-refractivity contribution in [1.82, 2.24) is 23.4 Å². The highest BCUT2D eigenvalue weighted by Gasteiger charge is 2.42. The third-order valence-electron chi connectivity index (χ3n) is 9.23. The molecule has 7 rings (SSSR count). The van der Waals surface area contributed by atoms with Crippen molar-refractivity contribution in [2.24, 2.45) is 0 Å². The second-order valence-corrected chi connectivity index (χ2v) is 17.8. The Bertz CT molecular complexity index is 2830. The van der Waals surface area contributed by atoms with Crippen LogP contribution in [0.4, 0.5) is 26.5 Å². The maximum Gasteiger partial charge on any atom is 0.341 e. The zero-order valence-electron chi connectivity index (χ0n) is 34.7. The van der Waals surface area contributed by atoms with Gasteiger partial charge in [0.25, 0.3) is 17.7 Å². The van der Waals surface area contributed by atoms with Crippen LogP contribution < -0.4 is 38.8 Å². The van der Waals surface area contributed by atoms with Gasteiger partial charge in [-0.15, -0.1) is 6.42 Å². The summed E-state index contributed by atoms with van der Waals surface area (Å²) >= 11 is 5.98. The van der Waals surface area contributed by atoms with Crippen LogP contribution in [0.1, 0.15) is 25.7 Å². The van der Waals surface area contributed by atoms with Gasteiger partial charge in [-0.1, -0.05) is 21.2 Å². The molecule has 0 saturated heterocycles. The van der Waals surface area contributed by atoms with Crippen molar-refractivity contribution in [3.05, 3.63) is 70.6 Å². The second kappa shape index (κ2) is 20.6. The van der Waals surface area contributed by atoms with Crippen molar-refractivity contribution in [2.45, 2.75) is 25.7 Å². The number of carboxylic acids is 1. The van der Waals surface area contributed by atoms with Crippen molar-refractivity contribution in [1.29, 1.82) is 0 Å². The number of hydrogen-bond acceptors (Lipinski definition) is 16.